The number of rotatable bonds is 10. The molecule has 1 rings (SSSR count). The van der Waals surface area contributed by atoms with Crippen LogP contribution in [0, 0.1) is 11.6 Å². The van der Waals surface area contributed by atoms with Crippen LogP contribution in [0.25, 0.3) is 0 Å². The van der Waals surface area contributed by atoms with E-state index in [1.807, 2.05) is 5.32 Å². The maximum absolute atomic E-state index is 14.3. The molecule has 1 amide bonds. The summed E-state index contributed by atoms with van der Waals surface area (Å²) in [6, 6.07) is -0.291. The van der Waals surface area contributed by atoms with Crippen LogP contribution in [-0.4, -0.2) is 59.0 Å². The first-order valence-electron chi connectivity index (χ1n) is 7.32. The lowest BCUT2D eigenvalue weighted by Crippen LogP contribution is -2.42. The van der Waals surface area contributed by atoms with Gasteiger partial charge >= 0.3 is 11.9 Å². The summed E-state index contributed by atoms with van der Waals surface area (Å²) in [6.45, 7) is 0.237. The van der Waals surface area contributed by atoms with Gasteiger partial charge < -0.3 is 20.4 Å². The van der Waals surface area contributed by atoms with Crippen LogP contribution in [0.2, 0.25) is 0 Å². The number of nitrogens with zero attached hydrogens (tertiary/aromatic N) is 1. The molecule has 0 spiro atoms. The van der Waals surface area contributed by atoms with Gasteiger partial charge in [-0.1, -0.05) is 0 Å². The molecule has 1 aromatic carbocycles. The third-order valence-corrected chi connectivity index (χ3v) is 3.62. The molecule has 0 radical (unpaired) electrons. The van der Waals surface area contributed by atoms with Gasteiger partial charge in [0.2, 0.25) is 0 Å². The van der Waals surface area contributed by atoms with E-state index in [0.29, 0.717) is 0 Å². The van der Waals surface area contributed by atoms with Crippen molar-refractivity contribution in [1.82, 2.24) is 5.32 Å². The van der Waals surface area contributed by atoms with E-state index in [2.05, 4.69) is 0 Å². The topological polar surface area (TPSA) is 107 Å². The Bertz CT molecular complexity index is 661. The van der Waals surface area contributed by atoms with E-state index >= 15 is 0 Å². The number of nitrogens with one attached hydrogen (secondary N) is 1. The Morgan fingerprint density at radius 2 is 1.58 bits per heavy atom. The largest absolute Gasteiger partial charge is 0.481 e. The van der Waals surface area contributed by atoms with E-state index in [4.69, 9.17) is 33.4 Å². The molecule has 0 fully saturated rings. The van der Waals surface area contributed by atoms with E-state index < -0.39 is 53.2 Å². The lowest BCUT2D eigenvalue weighted by molar-refractivity contribution is -0.145. The maximum Gasteiger partial charge on any atom is 0.326 e. The first kappa shape index (κ1) is 21.9. The van der Waals surface area contributed by atoms with E-state index in [1.165, 1.54) is 4.90 Å². The van der Waals surface area contributed by atoms with Gasteiger partial charge in [0, 0.05) is 30.4 Å². The van der Waals surface area contributed by atoms with Gasteiger partial charge in [-0.2, -0.15) is 0 Å². The number of alkyl halides is 2. The molecule has 7 nitrogen and oxygen atoms in total. The highest BCUT2D eigenvalue weighted by atomic mass is 35.5. The molecular formula is C15H16Cl2F2N2O5. The Morgan fingerprint density at radius 3 is 1.96 bits per heavy atom. The first-order chi connectivity index (χ1) is 12.2. The molecule has 1 atom stereocenters. The van der Waals surface area contributed by atoms with E-state index in [0.717, 1.165) is 12.1 Å². The van der Waals surface area contributed by atoms with E-state index in [9.17, 15) is 23.2 Å². The average molecular weight is 413 g/mol. The average Bonchev–Trinajstić information content (AvgIpc) is 2.53. The molecule has 0 saturated heterocycles. The standard InChI is InChI=1S/C15H16Cl2F2N2O5/c16-1-3-21(4-2-17)13-9(18)5-8(6-10(13)19)14(24)20-11(15(25)26)7-12(22)23/h5-6,11H,1-4,7H2,(H,20,24)(H,22,23)(H,25,26). The molecule has 144 valence electrons. The Balaban J connectivity index is 3.10. The summed E-state index contributed by atoms with van der Waals surface area (Å²) >= 11 is 11.2. The second kappa shape index (κ2) is 10.1. The molecule has 0 aliphatic rings. The minimum atomic E-state index is -1.74. The quantitative estimate of drug-likeness (QED) is 0.506. The number of carboxylic acid groups (broad SMARTS) is 2. The van der Waals surface area contributed by atoms with Crippen molar-refractivity contribution in [2.45, 2.75) is 12.5 Å². The van der Waals surface area contributed by atoms with Crippen molar-refractivity contribution < 1.29 is 33.4 Å². The zero-order valence-corrected chi connectivity index (χ0v) is 14.9. The molecule has 3 N–H and O–H groups in total. The highest BCUT2D eigenvalue weighted by Crippen LogP contribution is 2.25. The van der Waals surface area contributed by atoms with Crippen LogP contribution in [0.5, 0.6) is 0 Å². The third-order valence-electron chi connectivity index (χ3n) is 3.29. The van der Waals surface area contributed by atoms with Crippen molar-refractivity contribution in [2.75, 3.05) is 29.7 Å². The Labute approximate surface area is 157 Å². The molecule has 0 aliphatic heterocycles. The Kier molecular flexibility index (Phi) is 8.53. The van der Waals surface area contributed by atoms with Gasteiger partial charge in [0.1, 0.15) is 23.4 Å². The predicted molar refractivity (Wildman–Crippen MR) is 91.2 cm³/mol. The normalized spacial score (nSPS) is 11.7. The summed E-state index contributed by atoms with van der Waals surface area (Å²) in [7, 11) is 0. The third kappa shape index (κ3) is 5.99. The van der Waals surface area contributed by atoms with Crippen molar-refractivity contribution in [2.24, 2.45) is 0 Å². The number of hydrogen-bond acceptors (Lipinski definition) is 4. The second-order valence-corrected chi connectivity index (χ2v) is 5.87. The van der Waals surface area contributed by atoms with E-state index in [-0.39, 0.29) is 24.8 Å². The minimum Gasteiger partial charge on any atom is -0.481 e. The number of amides is 1. The molecule has 1 unspecified atom stereocenters. The molecule has 11 heteroatoms. The summed E-state index contributed by atoms with van der Waals surface area (Å²) in [5, 5.41) is 19.5. The van der Waals surface area contributed by atoms with Crippen molar-refractivity contribution in [3.05, 3.63) is 29.3 Å². The van der Waals surface area contributed by atoms with Crippen molar-refractivity contribution >= 4 is 46.7 Å². The molecule has 26 heavy (non-hydrogen) atoms. The highest BCUT2D eigenvalue weighted by Gasteiger charge is 2.25. The second-order valence-electron chi connectivity index (χ2n) is 5.12. The lowest BCUT2D eigenvalue weighted by atomic mass is 10.1. The fraction of sp³-hybridized carbons (Fsp3) is 0.400. The summed E-state index contributed by atoms with van der Waals surface area (Å²) in [5.74, 6) is -6.10. The van der Waals surface area contributed by atoms with Crippen LogP contribution in [0.3, 0.4) is 0 Å². The number of halogens is 4. The number of carboxylic acids is 2. The van der Waals surface area contributed by atoms with Crippen molar-refractivity contribution in [1.29, 1.82) is 0 Å². The van der Waals surface area contributed by atoms with Gasteiger partial charge in [0.15, 0.2) is 0 Å². The molecule has 0 saturated carbocycles. The van der Waals surface area contributed by atoms with Gasteiger partial charge in [-0.25, -0.2) is 13.6 Å². The number of aliphatic carboxylic acids is 2. The molecule has 1 aromatic rings. The van der Waals surface area contributed by atoms with Crippen molar-refractivity contribution in [3.63, 3.8) is 0 Å². The van der Waals surface area contributed by atoms with Crippen LogP contribution >= 0.6 is 23.2 Å². The number of carbonyl (C=O) groups excluding carboxylic acids is 1. The van der Waals surface area contributed by atoms with Gasteiger partial charge in [-0.15, -0.1) is 23.2 Å². The first-order valence-corrected chi connectivity index (χ1v) is 8.39. The molecule has 0 aliphatic carbocycles. The maximum atomic E-state index is 14.3. The van der Waals surface area contributed by atoms with Crippen LogP contribution in [0.1, 0.15) is 16.8 Å². The SMILES string of the molecule is O=C(O)CC(NC(=O)c1cc(F)c(N(CCCl)CCCl)c(F)c1)C(=O)O. The lowest BCUT2D eigenvalue weighted by Gasteiger charge is -2.24. The molecule has 0 aromatic heterocycles. The Hall–Kier alpha value is -2.13. The summed E-state index contributed by atoms with van der Waals surface area (Å²) in [4.78, 5) is 34.9. The summed E-state index contributed by atoms with van der Waals surface area (Å²) < 4.78 is 28.6. The van der Waals surface area contributed by atoms with Crippen LogP contribution < -0.4 is 10.2 Å². The van der Waals surface area contributed by atoms with Crippen molar-refractivity contribution in [3.8, 4) is 0 Å². The van der Waals surface area contributed by atoms with Gasteiger partial charge in [0.25, 0.3) is 5.91 Å². The number of carbonyl (C=O) groups is 3. The smallest absolute Gasteiger partial charge is 0.326 e. The van der Waals surface area contributed by atoms with Crippen LogP contribution in [0.4, 0.5) is 14.5 Å². The highest BCUT2D eigenvalue weighted by molar-refractivity contribution is 6.18. The molecular weight excluding hydrogens is 397 g/mol. The number of hydrogen-bond donors (Lipinski definition) is 3. The number of anilines is 1. The summed E-state index contributed by atoms with van der Waals surface area (Å²) in [6.07, 6.45) is -0.886. The molecule has 0 heterocycles. The van der Waals surface area contributed by atoms with Gasteiger partial charge in [-0.3, -0.25) is 9.59 Å². The van der Waals surface area contributed by atoms with E-state index in [1.54, 1.807) is 0 Å². The monoisotopic (exact) mass is 412 g/mol. The van der Waals surface area contributed by atoms with Gasteiger partial charge in [-0.05, 0) is 12.1 Å². The fourth-order valence-electron chi connectivity index (χ4n) is 2.15. The fourth-order valence-corrected chi connectivity index (χ4v) is 2.56. The number of benzene rings is 1. The van der Waals surface area contributed by atoms with Crippen LogP contribution in [-0.2, 0) is 9.59 Å². The zero-order valence-electron chi connectivity index (χ0n) is 13.3. The van der Waals surface area contributed by atoms with Crippen LogP contribution in [0.15, 0.2) is 12.1 Å². The van der Waals surface area contributed by atoms with Gasteiger partial charge in [0.05, 0.1) is 6.42 Å². The Morgan fingerprint density at radius 1 is 1.08 bits per heavy atom. The predicted octanol–water partition coefficient (Wildman–Crippen LogP) is 1.91. The zero-order chi connectivity index (χ0) is 19.9. The summed E-state index contributed by atoms with van der Waals surface area (Å²) in [5.41, 5.74) is -0.903. The molecule has 0 bridgehead atoms. The minimum absolute atomic E-state index is 0.0908.